The summed E-state index contributed by atoms with van der Waals surface area (Å²) in [6.07, 6.45) is 2.73. The fourth-order valence-electron chi connectivity index (χ4n) is 2.44. The Morgan fingerprint density at radius 1 is 1.22 bits per heavy atom. The van der Waals surface area contributed by atoms with Crippen LogP contribution in [0.3, 0.4) is 0 Å². The Balaban J connectivity index is 2.61. The molecule has 0 amide bonds. The number of carbonyl (C=O) groups excluding carboxylic acids is 2. The second kappa shape index (κ2) is 6.57. The number of carbonyl (C=O) groups is 2. The molecule has 1 aliphatic carbocycles. The van der Waals surface area contributed by atoms with E-state index in [2.05, 4.69) is 13.5 Å². The molecule has 18 heavy (non-hydrogen) atoms. The highest BCUT2D eigenvalue weighted by atomic mass is 16.5. The van der Waals surface area contributed by atoms with Gasteiger partial charge in [-0.3, -0.25) is 9.59 Å². The van der Waals surface area contributed by atoms with Crippen molar-refractivity contribution in [3.05, 3.63) is 12.2 Å². The summed E-state index contributed by atoms with van der Waals surface area (Å²) in [7, 11) is 0. The molecule has 4 nitrogen and oxygen atoms in total. The third-order valence-electron chi connectivity index (χ3n) is 3.36. The summed E-state index contributed by atoms with van der Waals surface area (Å²) in [5.41, 5.74) is 0.836. The molecule has 0 spiro atoms. The van der Waals surface area contributed by atoms with Crippen molar-refractivity contribution in [3.8, 4) is 0 Å². The molecule has 0 heterocycles. The molecule has 4 heteroatoms. The van der Waals surface area contributed by atoms with Gasteiger partial charge in [0.05, 0.1) is 0 Å². The molecule has 1 rings (SSSR count). The van der Waals surface area contributed by atoms with E-state index in [9.17, 15) is 9.59 Å². The lowest BCUT2D eigenvalue weighted by Gasteiger charge is -2.35. The SMILES string of the molecule is C=C(COC(C)=O)[C@@H]1CC[C@@H](C)C[C@H]1OC(C)=O. The number of ether oxygens (including phenoxy) is 2. The van der Waals surface area contributed by atoms with Gasteiger partial charge >= 0.3 is 11.9 Å². The Bertz CT molecular complexity index is 335. The summed E-state index contributed by atoms with van der Waals surface area (Å²) in [6, 6.07) is 0. The second-order valence-corrected chi connectivity index (χ2v) is 5.11. The van der Waals surface area contributed by atoms with Gasteiger partial charge in [0.15, 0.2) is 0 Å². The standard InChI is InChI=1S/C14H22O4/c1-9-5-6-13(10(2)8-17-11(3)15)14(7-9)18-12(4)16/h9,13-14H,2,5-8H2,1,3-4H3/t9-,13+,14-/m1/s1. The van der Waals surface area contributed by atoms with Crippen LogP contribution in [0.2, 0.25) is 0 Å². The highest BCUT2D eigenvalue weighted by Crippen LogP contribution is 2.34. The normalized spacial score (nSPS) is 27.4. The van der Waals surface area contributed by atoms with Crippen LogP contribution >= 0.6 is 0 Å². The van der Waals surface area contributed by atoms with Crippen LogP contribution in [0.1, 0.15) is 40.0 Å². The number of esters is 2. The molecule has 0 saturated heterocycles. The van der Waals surface area contributed by atoms with Crippen molar-refractivity contribution in [1.29, 1.82) is 0 Å². The third kappa shape index (κ3) is 4.51. The first-order valence-corrected chi connectivity index (χ1v) is 6.38. The molecule has 0 aromatic rings. The first-order chi connectivity index (χ1) is 8.40. The highest BCUT2D eigenvalue weighted by molar-refractivity contribution is 5.66. The van der Waals surface area contributed by atoms with Crippen LogP contribution in [0.5, 0.6) is 0 Å². The zero-order chi connectivity index (χ0) is 13.7. The molecule has 0 radical (unpaired) electrons. The minimum atomic E-state index is -0.315. The maximum absolute atomic E-state index is 11.1. The fourth-order valence-corrected chi connectivity index (χ4v) is 2.44. The molecular formula is C14H22O4. The summed E-state index contributed by atoms with van der Waals surface area (Å²) in [5, 5.41) is 0. The van der Waals surface area contributed by atoms with Gasteiger partial charge in [-0.05, 0) is 30.8 Å². The van der Waals surface area contributed by atoms with Gasteiger partial charge in [-0.15, -0.1) is 0 Å². The quantitative estimate of drug-likeness (QED) is 0.571. The zero-order valence-electron chi connectivity index (χ0n) is 11.4. The highest BCUT2D eigenvalue weighted by Gasteiger charge is 2.32. The predicted octanol–water partition coefficient (Wildman–Crippen LogP) is 2.47. The molecule has 1 aliphatic rings. The third-order valence-corrected chi connectivity index (χ3v) is 3.36. The van der Waals surface area contributed by atoms with E-state index < -0.39 is 0 Å². The van der Waals surface area contributed by atoms with Crippen LogP contribution in [0.4, 0.5) is 0 Å². The van der Waals surface area contributed by atoms with Crippen molar-refractivity contribution >= 4 is 11.9 Å². The van der Waals surface area contributed by atoms with Gasteiger partial charge in [-0.1, -0.05) is 13.5 Å². The summed E-state index contributed by atoms with van der Waals surface area (Å²) in [4.78, 5) is 21.9. The van der Waals surface area contributed by atoms with Crippen molar-refractivity contribution < 1.29 is 19.1 Å². The molecule has 0 bridgehead atoms. The van der Waals surface area contributed by atoms with Crippen molar-refractivity contribution in [1.82, 2.24) is 0 Å². The van der Waals surface area contributed by atoms with E-state index >= 15 is 0 Å². The molecule has 0 unspecified atom stereocenters. The van der Waals surface area contributed by atoms with Gasteiger partial charge in [0, 0.05) is 19.8 Å². The van der Waals surface area contributed by atoms with Gasteiger partial charge in [0.1, 0.15) is 12.7 Å². The summed E-state index contributed by atoms with van der Waals surface area (Å²) in [6.45, 7) is 9.13. The summed E-state index contributed by atoms with van der Waals surface area (Å²) >= 11 is 0. The molecule has 0 aromatic carbocycles. The molecule has 1 saturated carbocycles. The number of hydrogen-bond acceptors (Lipinski definition) is 4. The number of rotatable bonds is 4. The second-order valence-electron chi connectivity index (χ2n) is 5.11. The fraction of sp³-hybridized carbons (Fsp3) is 0.714. The smallest absolute Gasteiger partial charge is 0.302 e. The van der Waals surface area contributed by atoms with E-state index in [4.69, 9.17) is 9.47 Å². The van der Waals surface area contributed by atoms with Crippen molar-refractivity contribution in [3.63, 3.8) is 0 Å². The van der Waals surface area contributed by atoms with Gasteiger partial charge in [0.2, 0.25) is 0 Å². The van der Waals surface area contributed by atoms with Crippen LogP contribution in [-0.4, -0.2) is 24.6 Å². The lowest BCUT2D eigenvalue weighted by Crippen LogP contribution is -2.34. The van der Waals surface area contributed by atoms with Crippen LogP contribution in [0.25, 0.3) is 0 Å². The summed E-state index contributed by atoms with van der Waals surface area (Å²) < 4.78 is 10.3. The number of hydrogen-bond donors (Lipinski definition) is 0. The van der Waals surface area contributed by atoms with Crippen molar-refractivity contribution in [2.75, 3.05) is 6.61 Å². The zero-order valence-corrected chi connectivity index (χ0v) is 11.4. The van der Waals surface area contributed by atoms with Gasteiger partial charge < -0.3 is 9.47 Å². The van der Waals surface area contributed by atoms with Crippen molar-refractivity contribution in [2.24, 2.45) is 11.8 Å². The van der Waals surface area contributed by atoms with E-state index in [1.807, 2.05) is 0 Å². The lowest BCUT2D eigenvalue weighted by atomic mass is 9.77. The monoisotopic (exact) mass is 254 g/mol. The van der Waals surface area contributed by atoms with E-state index in [0.717, 1.165) is 24.8 Å². The first-order valence-electron chi connectivity index (χ1n) is 6.38. The Morgan fingerprint density at radius 3 is 2.44 bits per heavy atom. The molecule has 102 valence electrons. The van der Waals surface area contributed by atoms with E-state index in [-0.39, 0.29) is 30.6 Å². The van der Waals surface area contributed by atoms with Gasteiger partial charge in [-0.25, -0.2) is 0 Å². The maximum Gasteiger partial charge on any atom is 0.302 e. The largest absolute Gasteiger partial charge is 0.462 e. The Labute approximate surface area is 108 Å². The molecular weight excluding hydrogens is 232 g/mol. The molecule has 3 atom stereocenters. The van der Waals surface area contributed by atoms with E-state index in [0.29, 0.717) is 5.92 Å². The van der Waals surface area contributed by atoms with Crippen LogP contribution in [0.15, 0.2) is 12.2 Å². The molecule has 0 N–H and O–H groups in total. The Kier molecular flexibility index (Phi) is 5.38. The summed E-state index contributed by atoms with van der Waals surface area (Å²) in [5.74, 6) is 0.0697. The van der Waals surface area contributed by atoms with Crippen LogP contribution in [-0.2, 0) is 19.1 Å². The van der Waals surface area contributed by atoms with Crippen LogP contribution < -0.4 is 0 Å². The maximum atomic E-state index is 11.1. The predicted molar refractivity (Wildman–Crippen MR) is 67.8 cm³/mol. The average molecular weight is 254 g/mol. The van der Waals surface area contributed by atoms with Crippen molar-refractivity contribution in [2.45, 2.75) is 46.1 Å². The Hall–Kier alpha value is -1.32. The minimum absolute atomic E-state index is 0.101. The minimum Gasteiger partial charge on any atom is -0.462 e. The average Bonchev–Trinajstić information content (AvgIpc) is 2.25. The lowest BCUT2D eigenvalue weighted by molar-refractivity contribution is -0.151. The topological polar surface area (TPSA) is 52.6 Å². The van der Waals surface area contributed by atoms with Gasteiger partial charge in [0.25, 0.3) is 0 Å². The van der Waals surface area contributed by atoms with Crippen LogP contribution in [0, 0.1) is 11.8 Å². The van der Waals surface area contributed by atoms with Gasteiger partial charge in [-0.2, -0.15) is 0 Å². The first kappa shape index (κ1) is 14.7. The molecule has 1 fully saturated rings. The Morgan fingerprint density at radius 2 is 1.89 bits per heavy atom. The van der Waals surface area contributed by atoms with E-state index in [1.54, 1.807) is 0 Å². The van der Waals surface area contributed by atoms with E-state index in [1.165, 1.54) is 13.8 Å². The molecule has 0 aromatic heterocycles. The molecule has 0 aliphatic heterocycles.